The summed E-state index contributed by atoms with van der Waals surface area (Å²) in [7, 11) is 0. The molecule has 0 bridgehead atoms. The van der Waals surface area contributed by atoms with Crippen molar-refractivity contribution < 1.29 is 19.4 Å². The second-order valence-electron chi connectivity index (χ2n) is 9.88. The molecule has 3 N–H and O–H groups in total. The molecule has 1 saturated carbocycles. The average molecular weight is 512 g/mol. The minimum atomic E-state index is -0.728. The van der Waals surface area contributed by atoms with Crippen molar-refractivity contribution in [3.05, 3.63) is 24.4 Å². The maximum atomic E-state index is 13.2. The Labute approximate surface area is 213 Å². The number of thioether (sulfide) groups is 2. The monoisotopic (exact) mass is 511 g/mol. The molecule has 7 nitrogen and oxygen atoms in total. The first-order chi connectivity index (χ1) is 16.2. The number of aliphatic hydroxyl groups excluding tert-OH is 1. The van der Waals surface area contributed by atoms with E-state index in [1.54, 1.807) is 38.7 Å². The summed E-state index contributed by atoms with van der Waals surface area (Å²) >= 11 is 3.08. The van der Waals surface area contributed by atoms with Gasteiger partial charge >= 0.3 is 6.09 Å². The molecule has 1 aromatic rings. The molecule has 2 amide bonds. The number of amides is 2. The van der Waals surface area contributed by atoms with Crippen LogP contribution >= 0.6 is 23.5 Å². The molecule has 1 aliphatic rings. The Morgan fingerprint density at radius 1 is 1.21 bits per heavy atom. The van der Waals surface area contributed by atoms with Crippen LogP contribution in [-0.4, -0.2) is 63.6 Å². The molecule has 0 unspecified atom stereocenters. The molecule has 2 rings (SSSR count). The molecule has 0 aliphatic heterocycles. The van der Waals surface area contributed by atoms with Gasteiger partial charge in [0.05, 0.1) is 17.2 Å². The zero-order valence-electron chi connectivity index (χ0n) is 20.9. The highest BCUT2D eigenvalue weighted by Gasteiger charge is 2.30. The van der Waals surface area contributed by atoms with Gasteiger partial charge in [0.2, 0.25) is 5.91 Å². The SMILES string of the molecule is CSC[C@H](NC(=O)OC(C)(C)C)C(=O)N[C@@H](CC1CCCCC1)[C@@H](O)CCSc1ccccn1. The summed E-state index contributed by atoms with van der Waals surface area (Å²) in [6.07, 6.45) is 9.58. The summed E-state index contributed by atoms with van der Waals surface area (Å²) in [5.74, 6) is 1.35. The number of pyridine rings is 1. The predicted molar refractivity (Wildman–Crippen MR) is 140 cm³/mol. The second-order valence-corrected chi connectivity index (χ2v) is 11.9. The molecule has 34 heavy (non-hydrogen) atoms. The number of nitrogens with zero attached hydrogens (tertiary/aromatic N) is 1. The van der Waals surface area contributed by atoms with Gasteiger partial charge in [0.1, 0.15) is 11.6 Å². The Bertz CT molecular complexity index is 739. The van der Waals surface area contributed by atoms with Crippen LogP contribution in [0.2, 0.25) is 0 Å². The first-order valence-corrected chi connectivity index (χ1v) is 14.6. The molecule has 1 fully saturated rings. The number of nitrogens with one attached hydrogen (secondary N) is 2. The van der Waals surface area contributed by atoms with E-state index in [9.17, 15) is 14.7 Å². The highest BCUT2D eigenvalue weighted by Crippen LogP contribution is 2.29. The lowest BCUT2D eigenvalue weighted by atomic mass is 9.83. The van der Waals surface area contributed by atoms with Crippen molar-refractivity contribution >= 4 is 35.5 Å². The van der Waals surface area contributed by atoms with Gasteiger partial charge in [0, 0.05) is 17.7 Å². The highest BCUT2D eigenvalue weighted by molar-refractivity contribution is 7.99. The van der Waals surface area contributed by atoms with E-state index in [2.05, 4.69) is 15.6 Å². The summed E-state index contributed by atoms with van der Waals surface area (Å²) in [4.78, 5) is 29.8. The summed E-state index contributed by atoms with van der Waals surface area (Å²) < 4.78 is 5.34. The quantitative estimate of drug-likeness (QED) is 0.352. The maximum absolute atomic E-state index is 13.2. The van der Waals surface area contributed by atoms with Crippen molar-refractivity contribution in [3.8, 4) is 0 Å². The molecule has 0 radical (unpaired) electrons. The predicted octanol–water partition coefficient (Wildman–Crippen LogP) is 4.64. The zero-order chi connectivity index (χ0) is 25.0. The molecule has 3 atom stereocenters. The number of ether oxygens (including phenoxy) is 1. The third-order valence-corrected chi connectivity index (χ3v) is 7.39. The molecule has 1 aromatic heterocycles. The van der Waals surface area contributed by atoms with Gasteiger partial charge in [-0.1, -0.05) is 38.2 Å². The van der Waals surface area contributed by atoms with Gasteiger partial charge in [-0.15, -0.1) is 11.8 Å². The van der Waals surface area contributed by atoms with E-state index in [1.807, 2.05) is 24.5 Å². The van der Waals surface area contributed by atoms with Crippen molar-refractivity contribution in [1.82, 2.24) is 15.6 Å². The van der Waals surface area contributed by atoms with E-state index >= 15 is 0 Å². The maximum Gasteiger partial charge on any atom is 0.408 e. The molecule has 0 saturated heterocycles. The van der Waals surface area contributed by atoms with Crippen molar-refractivity contribution in [1.29, 1.82) is 0 Å². The minimum Gasteiger partial charge on any atom is -0.444 e. The Balaban J connectivity index is 2.00. The van der Waals surface area contributed by atoms with Crippen LogP contribution in [0, 0.1) is 5.92 Å². The van der Waals surface area contributed by atoms with E-state index in [0.29, 0.717) is 23.8 Å². The first-order valence-electron chi connectivity index (χ1n) is 12.2. The standard InChI is InChI=1S/C25H41N3O4S2/c1-25(2,3)32-24(31)28-20(17-33-4)23(30)27-19(16-18-10-6-5-7-11-18)21(29)13-15-34-22-12-8-9-14-26-22/h8-9,12,14,18-21,29H,5-7,10-11,13,15-17H2,1-4H3,(H,27,30)(H,28,31)/t19-,20-,21-/m0/s1. The van der Waals surface area contributed by atoms with Crippen molar-refractivity contribution in [2.45, 2.75) is 94.5 Å². The summed E-state index contributed by atoms with van der Waals surface area (Å²) in [5.41, 5.74) is -0.643. The van der Waals surface area contributed by atoms with Crippen LogP contribution in [0.3, 0.4) is 0 Å². The Kier molecular flexibility index (Phi) is 12.6. The topological polar surface area (TPSA) is 101 Å². The lowest BCUT2D eigenvalue weighted by Gasteiger charge is -2.31. The summed E-state index contributed by atoms with van der Waals surface area (Å²) in [5, 5.41) is 17.7. The number of aliphatic hydroxyl groups is 1. The van der Waals surface area contributed by atoms with Crippen LogP contribution < -0.4 is 10.6 Å². The molecule has 0 spiro atoms. The van der Waals surface area contributed by atoms with Crippen LogP contribution in [0.15, 0.2) is 29.4 Å². The number of carbonyl (C=O) groups excluding carboxylic acids is 2. The molecule has 0 aromatic carbocycles. The van der Waals surface area contributed by atoms with E-state index in [0.717, 1.165) is 24.3 Å². The molecule has 1 aliphatic carbocycles. The number of hydrogen-bond donors (Lipinski definition) is 3. The number of aromatic nitrogens is 1. The molecular formula is C25H41N3O4S2. The Hall–Kier alpha value is -1.45. The molecular weight excluding hydrogens is 470 g/mol. The second kappa shape index (κ2) is 14.8. The van der Waals surface area contributed by atoms with E-state index in [-0.39, 0.29) is 11.9 Å². The highest BCUT2D eigenvalue weighted by atomic mass is 32.2. The smallest absolute Gasteiger partial charge is 0.408 e. The van der Waals surface area contributed by atoms with Gasteiger partial charge < -0.3 is 20.5 Å². The van der Waals surface area contributed by atoms with Crippen LogP contribution in [0.4, 0.5) is 4.79 Å². The fourth-order valence-corrected chi connectivity index (χ4v) is 5.54. The Morgan fingerprint density at radius 2 is 1.94 bits per heavy atom. The van der Waals surface area contributed by atoms with E-state index in [4.69, 9.17) is 4.74 Å². The van der Waals surface area contributed by atoms with Gasteiger partial charge in [-0.05, 0) is 57.9 Å². The fourth-order valence-electron chi connectivity index (χ4n) is 4.09. The Morgan fingerprint density at radius 3 is 2.56 bits per heavy atom. The largest absolute Gasteiger partial charge is 0.444 e. The summed E-state index contributed by atoms with van der Waals surface area (Å²) in [6.45, 7) is 5.36. The lowest BCUT2D eigenvalue weighted by Crippen LogP contribution is -2.54. The fraction of sp³-hybridized carbons (Fsp3) is 0.720. The van der Waals surface area contributed by atoms with Crippen LogP contribution in [0.5, 0.6) is 0 Å². The molecule has 192 valence electrons. The van der Waals surface area contributed by atoms with Gasteiger partial charge in [-0.25, -0.2) is 9.78 Å². The van der Waals surface area contributed by atoms with Crippen molar-refractivity contribution in [2.24, 2.45) is 5.92 Å². The minimum absolute atomic E-state index is 0.280. The van der Waals surface area contributed by atoms with Gasteiger partial charge in [-0.3, -0.25) is 4.79 Å². The number of alkyl carbamates (subject to hydrolysis) is 1. The lowest BCUT2D eigenvalue weighted by molar-refractivity contribution is -0.124. The normalized spacial score (nSPS) is 17.4. The zero-order valence-corrected chi connectivity index (χ0v) is 22.6. The number of rotatable bonds is 12. The van der Waals surface area contributed by atoms with E-state index < -0.39 is 23.8 Å². The van der Waals surface area contributed by atoms with Gasteiger partial charge in [0.25, 0.3) is 0 Å². The third kappa shape index (κ3) is 11.3. The molecule has 1 heterocycles. The van der Waals surface area contributed by atoms with Crippen LogP contribution in [0.25, 0.3) is 0 Å². The van der Waals surface area contributed by atoms with Gasteiger partial charge in [-0.2, -0.15) is 11.8 Å². The average Bonchev–Trinajstić information content (AvgIpc) is 2.78. The van der Waals surface area contributed by atoms with Crippen LogP contribution in [-0.2, 0) is 9.53 Å². The number of hydrogen-bond acceptors (Lipinski definition) is 7. The molecule has 9 heteroatoms. The third-order valence-electron chi connectivity index (χ3n) is 5.75. The van der Waals surface area contributed by atoms with Gasteiger partial charge in [0.15, 0.2) is 0 Å². The van der Waals surface area contributed by atoms with Crippen LogP contribution in [0.1, 0.15) is 65.7 Å². The van der Waals surface area contributed by atoms with Crippen molar-refractivity contribution in [2.75, 3.05) is 17.8 Å². The van der Waals surface area contributed by atoms with Crippen molar-refractivity contribution in [3.63, 3.8) is 0 Å². The first kappa shape index (κ1) is 28.8. The number of carbonyl (C=O) groups is 2. The summed E-state index contributed by atoms with van der Waals surface area (Å²) in [6, 6.07) is 4.69. The van der Waals surface area contributed by atoms with E-state index in [1.165, 1.54) is 31.0 Å².